The van der Waals surface area contributed by atoms with Crippen LogP contribution in [-0.4, -0.2) is 35.6 Å². The van der Waals surface area contributed by atoms with Crippen LogP contribution in [0.5, 0.6) is 0 Å². The van der Waals surface area contributed by atoms with Gasteiger partial charge in [0.15, 0.2) is 0 Å². The lowest BCUT2D eigenvalue weighted by atomic mass is 10.1. The van der Waals surface area contributed by atoms with E-state index in [1.807, 2.05) is 6.07 Å². The number of rotatable bonds is 5. The second kappa shape index (κ2) is 6.68. The maximum absolute atomic E-state index is 11.8. The highest BCUT2D eigenvalue weighted by molar-refractivity contribution is 9.10. The highest BCUT2D eigenvalue weighted by Crippen LogP contribution is 2.11. The molecule has 0 aliphatic rings. The molecule has 0 saturated heterocycles. The molecule has 0 fully saturated rings. The molecule has 0 heterocycles. The predicted molar refractivity (Wildman–Crippen MR) is 75.8 cm³/mol. The number of aliphatic hydroxyl groups is 1. The molecule has 0 aliphatic carbocycles. The van der Waals surface area contributed by atoms with Crippen LogP contribution in [0.15, 0.2) is 28.7 Å². The fraction of sp³-hybridized carbons (Fsp3) is 0.385. The second-order valence-corrected chi connectivity index (χ2v) is 5.70. The summed E-state index contributed by atoms with van der Waals surface area (Å²) in [5, 5.41) is 14.2. The molecule has 104 valence electrons. The van der Waals surface area contributed by atoms with Crippen LogP contribution in [0.1, 0.15) is 24.2 Å². The van der Waals surface area contributed by atoms with E-state index in [9.17, 15) is 9.59 Å². The Balaban J connectivity index is 2.49. The van der Waals surface area contributed by atoms with Gasteiger partial charge in [-0.15, -0.1) is 0 Å². The molecule has 1 aromatic carbocycles. The lowest BCUT2D eigenvalue weighted by Crippen LogP contribution is -2.49. The summed E-state index contributed by atoms with van der Waals surface area (Å²) in [5.41, 5.74) is -0.221. The summed E-state index contributed by atoms with van der Waals surface area (Å²) in [6.07, 6.45) is 0. The van der Waals surface area contributed by atoms with E-state index in [0.717, 1.165) is 4.47 Å². The van der Waals surface area contributed by atoms with Crippen LogP contribution >= 0.6 is 15.9 Å². The lowest BCUT2D eigenvalue weighted by Gasteiger charge is -2.23. The van der Waals surface area contributed by atoms with Crippen LogP contribution in [0.2, 0.25) is 0 Å². The third-order valence-corrected chi connectivity index (χ3v) is 2.86. The van der Waals surface area contributed by atoms with E-state index in [1.54, 1.807) is 32.0 Å². The van der Waals surface area contributed by atoms with Crippen LogP contribution in [0.3, 0.4) is 0 Å². The highest BCUT2D eigenvalue weighted by atomic mass is 79.9. The first-order valence-corrected chi connectivity index (χ1v) is 6.59. The molecule has 0 radical (unpaired) electrons. The normalized spacial score (nSPS) is 10.9. The topological polar surface area (TPSA) is 78.4 Å². The first-order valence-electron chi connectivity index (χ1n) is 5.80. The molecule has 0 unspecified atom stereocenters. The average molecular weight is 329 g/mol. The Kier molecular flexibility index (Phi) is 5.50. The minimum absolute atomic E-state index is 0.130. The van der Waals surface area contributed by atoms with Crippen molar-refractivity contribution in [1.82, 2.24) is 10.6 Å². The van der Waals surface area contributed by atoms with Crippen LogP contribution in [0, 0.1) is 0 Å². The van der Waals surface area contributed by atoms with Crippen LogP contribution in [0.25, 0.3) is 0 Å². The molecule has 5 nitrogen and oxygen atoms in total. The number of halogens is 1. The lowest BCUT2D eigenvalue weighted by molar-refractivity contribution is -0.122. The summed E-state index contributed by atoms with van der Waals surface area (Å²) in [6.45, 7) is 3.09. The number of nitrogens with one attached hydrogen (secondary N) is 2. The van der Waals surface area contributed by atoms with Gasteiger partial charge in [-0.3, -0.25) is 9.59 Å². The van der Waals surface area contributed by atoms with E-state index in [1.165, 1.54) is 0 Å². The SMILES string of the molecule is CC(C)(CO)NC(=O)CNC(=O)c1cccc(Br)c1. The molecule has 0 atom stereocenters. The summed E-state index contributed by atoms with van der Waals surface area (Å²) in [7, 11) is 0. The predicted octanol–water partition coefficient (Wildman–Crippen LogP) is 1.07. The third-order valence-electron chi connectivity index (χ3n) is 2.37. The quantitative estimate of drug-likeness (QED) is 0.756. The maximum Gasteiger partial charge on any atom is 0.251 e. The minimum Gasteiger partial charge on any atom is -0.394 e. The average Bonchev–Trinajstić information content (AvgIpc) is 2.35. The number of amides is 2. The Morgan fingerprint density at radius 2 is 2.05 bits per heavy atom. The smallest absolute Gasteiger partial charge is 0.251 e. The molecule has 0 bridgehead atoms. The van der Waals surface area contributed by atoms with E-state index in [2.05, 4.69) is 26.6 Å². The Bertz CT molecular complexity index is 475. The molecule has 0 aliphatic heterocycles. The molecule has 0 spiro atoms. The van der Waals surface area contributed by atoms with Gasteiger partial charge in [-0.05, 0) is 32.0 Å². The van der Waals surface area contributed by atoms with Crippen molar-refractivity contribution in [2.75, 3.05) is 13.2 Å². The van der Waals surface area contributed by atoms with E-state index in [0.29, 0.717) is 5.56 Å². The summed E-state index contributed by atoms with van der Waals surface area (Å²) in [6, 6.07) is 6.89. The van der Waals surface area contributed by atoms with Crippen molar-refractivity contribution in [3.8, 4) is 0 Å². The van der Waals surface area contributed by atoms with Gasteiger partial charge in [0.05, 0.1) is 18.7 Å². The van der Waals surface area contributed by atoms with Crippen molar-refractivity contribution >= 4 is 27.7 Å². The number of benzene rings is 1. The monoisotopic (exact) mass is 328 g/mol. The molecule has 6 heteroatoms. The van der Waals surface area contributed by atoms with Crippen LogP contribution in [-0.2, 0) is 4.79 Å². The van der Waals surface area contributed by atoms with Gasteiger partial charge in [-0.1, -0.05) is 22.0 Å². The number of aliphatic hydroxyl groups excluding tert-OH is 1. The fourth-order valence-electron chi connectivity index (χ4n) is 1.35. The van der Waals surface area contributed by atoms with Gasteiger partial charge in [-0.2, -0.15) is 0 Å². The van der Waals surface area contributed by atoms with Gasteiger partial charge in [0.1, 0.15) is 0 Å². The number of carbonyl (C=O) groups is 2. The van der Waals surface area contributed by atoms with Crippen molar-refractivity contribution in [2.24, 2.45) is 0 Å². The summed E-state index contributed by atoms with van der Waals surface area (Å²) >= 11 is 3.27. The Morgan fingerprint density at radius 3 is 2.63 bits per heavy atom. The fourth-order valence-corrected chi connectivity index (χ4v) is 1.75. The highest BCUT2D eigenvalue weighted by Gasteiger charge is 2.19. The summed E-state index contributed by atoms with van der Waals surface area (Å²) in [4.78, 5) is 23.3. The Labute approximate surface area is 120 Å². The van der Waals surface area contributed by atoms with Crippen molar-refractivity contribution in [2.45, 2.75) is 19.4 Å². The zero-order valence-electron chi connectivity index (χ0n) is 10.9. The number of hydrogen-bond donors (Lipinski definition) is 3. The van der Waals surface area contributed by atoms with Crippen molar-refractivity contribution in [3.63, 3.8) is 0 Å². The van der Waals surface area contributed by atoms with E-state index in [-0.39, 0.29) is 25.0 Å². The summed E-state index contributed by atoms with van der Waals surface area (Å²) in [5.74, 6) is -0.666. The molecule has 19 heavy (non-hydrogen) atoms. The van der Waals surface area contributed by atoms with Crippen molar-refractivity contribution in [3.05, 3.63) is 34.3 Å². The molecule has 0 saturated carbocycles. The van der Waals surface area contributed by atoms with Gasteiger partial charge in [-0.25, -0.2) is 0 Å². The van der Waals surface area contributed by atoms with Gasteiger partial charge in [0, 0.05) is 10.0 Å². The molecule has 1 aromatic rings. The van der Waals surface area contributed by atoms with Crippen LogP contribution < -0.4 is 10.6 Å². The molecule has 3 N–H and O–H groups in total. The zero-order chi connectivity index (χ0) is 14.5. The van der Waals surface area contributed by atoms with Gasteiger partial charge in [0.25, 0.3) is 5.91 Å². The van der Waals surface area contributed by atoms with Crippen LogP contribution in [0.4, 0.5) is 0 Å². The molecular formula is C13H17BrN2O3. The molecule has 1 rings (SSSR count). The maximum atomic E-state index is 11.8. The number of carbonyl (C=O) groups excluding carboxylic acids is 2. The Hall–Kier alpha value is -1.40. The van der Waals surface area contributed by atoms with Gasteiger partial charge < -0.3 is 15.7 Å². The largest absolute Gasteiger partial charge is 0.394 e. The second-order valence-electron chi connectivity index (χ2n) is 4.78. The zero-order valence-corrected chi connectivity index (χ0v) is 12.5. The standard InChI is InChI=1S/C13H17BrN2O3/c1-13(2,8-17)16-11(18)7-15-12(19)9-4-3-5-10(14)6-9/h3-6,17H,7-8H2,1-2H3,(H,15,19)(H,16,18). The van der Waals surface area contributed by atoms with Gasteiger partial charge >= 0.3 is 0 Å². The molecule has 0 aromatic heterocycles. The van der Waals surface area contributed by atoms with E-state index >= 15 is 0 Å². The molecule has 2 amide bonds. The summed E-state index contributed by atoms with van der Waals surface area (Å²) < 4.78 is 0.797. The minimum atomic E-state index is -0.697. The van der Waals surface area contributed by atoms with E-state index in [4.69, 9.17) is 5.11 Å². The first kappa shape index (κ1) is 15.7. The van der Waals surface area contributed by atoms with Crippen molar-refractivity contribution in [1.29, 1.82) is 0 Å². The van der Waals surface area contributed by atoms with Crippen molar-refractivity contribution < 1.29 is 14.7 Å². The number of hydrogen-bond acceptors (Lipinski definition) is 3. The first-order chi connectivity index (χ1) is 8.84. The Morgan fingerprint density at radius 1 is 1.37 bits per heavy atom. The van der Waals surface area contributed by atoms with E-state index < -0.39 is 5.54 Å². The van der Waals surface area contributed by atoms with Gasteiger partial charge in [0.2, 0.25) is 5.91 Å². The molecular weight excluding hydrogens is 312 g/mol. The third kappa shape index (κ3) is 5.40.